The minimum absolute atomic E-state index is 0.0644. The number of nitrogen functional groups attached to an aromatic ring is 1. The molecule has 1 amide bonds. The van der Waals surface area contributed by atoms with Gasteiger partial charge in [-0.25, -0.2) is 14.2 Å². The van der Waals surface area contributed by atoms with E-state index in [4.69, 9.17) is 16.6 Å². The van der Waals surface area contributed by atoms with Gasteiger partial charge < -0.3 is 21.5 Å². The molecule has 11 heteroatoms. The lowest BCUT2D eigenvalue weighted by molar-refractivity contribution is 0.0689. The smallest absolute Gasteiger partial charge is 0.339 e. The summed E-state index contributed by atoms with van der Waals surface area (Å²) in [6.45, 7) is 2.12. The van der Waals surface area contributed by atoms with E-state index in [-0.39, 0.29) is 29.4 Å². The third kappa shape index (κ3) is 4.60. The summed E-state index contributed by atoms with van der Waals surface area (Å²) in [5.74, 6) is -0.847. The van der Waals surface area contributed by atoms with Gasteiger partial charge in [-0.1, -0.05) is 23.5 Å². The number of thiazole rings is 1. The van der Waals surface area contributed by atoms with E-state index in [1.165, 1.54) is 34.3 Å². The molecule has 33 heavy (non-hydrogen) atoms. The number of carbonyl (C=O) groups is 2. The summed E-state index contributed by atoms with van der Waals surface area (Å²) in [6.07, 6.45) is 3.48. The lowest BCUT2D eigenvalue weighted by atomic mass is 10.1. The van der Waals surface area contributed by atoms with E-state index in [1.807, 2.05) is 4.90 Å². The molecule has 0 radical (unpaired) electrons. The maximum Gasteiger partial charge on any atom is 0.339 e. The van der Waals surface area contributed by atoms with E-state index in [9.17, 15) is 14.0 Å². The number of benzene rings is 1. The van der Waals surface area contributed by atoms with Crippen molar-refractivity contribution in [3.8, 4) is 10.4 Å². The highest BCUT2D eigenvalue weighted by molar-refractivity contribution is 7.19. The second kappa shape index (κ2) is 8.91. The number of aromatic carboxylic acids is 1. The molecule has 3 aromatic rings. The largest absolute Gasteiger partial charge is 0.478 e. The SMILES string of the molecule is Cc1nn(C)cc1C(=O)O.NC[C@@H]1C[C@@H]2C[C@@H]2N1C(=O)c1nc(N)sc1-c1cccc(F)c1. The summed E-state index contributed by atoms with van der Waals surface area (Å²) in [6, 6.07) is 6.48. The summed E-state index contributed by atoms with van der Waals surface area (Å²) >= 11 is 1.21. The van der Waals surface area contributed by atoms with Crippen molar-refractivity contribution in [2.45, 2.75) is 31.8 Å². The minimum atomic E-state index is -0.925. The van der Waals surface area contributed by atoms with E-state index in [0.717, 1.165) is 12.8 Å². The van der Waals surface area contributed by atoms with Crippen LogP contribution in [0.25, 0.3) is 10.4 Å². The highest BCUT2D eigenvalue weighted by atomic mass is 32.1. The first-order chi connectivity index (χ1) is 15.7. The van der Waals surface area contributed by atoms with Crippen molar-refractivity contribution < 1.29 is 19.1 Å². The number of carboxylic acid groups (broad SMARTS) is 1. The van der Waals surface area contributed by atoms with Gasteiger partial charge in [-0.3, -0.25) is 9.48 Å². The molecule has 9 nitrogen and oxygen atoms in total. The maximum atomic E-state index is 13.5. The first kappa shape index (κ1) is 22.9. The zero-order chi connectivity index (χ0) is 23.9. The van der Waals surface area contributed by atoms with Crippen LogP contribution in [0.3, 0.4) is 0 Å². The fourth-order valence-corrected chi connectivity index (χ4v) is 5.15. The predicted molar refractivity (Wildman–Crippen MR) is 122 cm³/mol. The number of nitrogens with two attached hydrogens (primary N) is 2. The molecule has 2 aliphatic rings. The molecule has 1 saturated carbocycles. The van der Waals surface area contributed by atoms with Gasteiger partial charge in [-0.15, -0.1) is 0 Å². The van der Waals surface area contributed by atoms with Gasteiger partial charge >= 0.3 is 5.97 Å². The summed E-state index contributed by atoms with van der Waals surface area (Å²) in [4.78, 5) is 30.1. The van der Waals surface area contributed by atoms with Crippen molar-refractivity contribution in [3.05, 3.63) is 53.2 Å². The number of anilines is 1. The predicted octanol–water partition coefficient (Wildman–Crippen LogP) is 2.52. The zero-order valence-electron chi connectivity index (χ0n) is 18.2. The number of carbonyl (C=O) groups excluding carboxylic acids is 1. The number of nitrogens with zero attached hydrogens (tertiary/aromatic N) is 4. The molecular weight excluding hydrogens is 447 g/mol. The zero-order valence-corrected chi connectivity index (χ0v) is 19.1. The van der Waals surface area contributed by atoms with Crippen LogP contribution in [0.1, 0.15) is 39.4 Å². The van der Waals surface area contributed by atoms with Gasteiger partial charge in [0.25, 0.3) is 5.91 Å². The molecule has 3 heterocycles. The van der Waals surface area contributed by atoms with E-state index >= 15 is 0 Å². The van der Waals surface area contributed by atoms with E-state index in [0.29, 0.717) is 39.4 Å². The fourth-order valence-electron chi connectivity index (χ4n) is 4.32. The summed E-state index contributed by atoms with van der Waals surface area (Å²) in [5, 5.41) is 12.7. The topological polar surface area (TPSA) is 140 Å². The number of aromatic nitrogens is 3. The van der Waals surface area contributed by atoms with Crippen molar-refractivity contribution in [1.29, 1.82) is 0 Å². The molecule has 1 saturated heterocycles. The van der Waals surface area contributed by atoms with Crippen LogP contribution < -0.4 is 11.5 Å². The monoisotopic (exact) mass is 472 g/mol. The van der Waals surface area contributed by atoms with E-state index < -0.39 is 5.97 Å². The molecule has 1 aromatic carbocycles. The van der Waals surface area contributed by atoms with Crippen molar-refractivity contribution >= 4 is 28.3 Å². The van der Waals surface area contributed by atoms with Crippen LogP contribution in [0, 0.1) is 18.7 Å². The molecule has 0 bridgehead atoms. The van der Waals surface area contributed by atoms with Gasteiger partial charge in [-0.2, -0.15) is 5.10 Å². The van der Waals surface area contributed by atoms with Crippen molar-refractivity contribution in [3.63, 3.8) is 0 Å². The van der Waals surface area contributed by atoms with E-state index in [1.54, 1.807) is 26.1 Å². The molecule has 1 aliphatic heterocycles. The number of rotatable bonds is 4. The fraction of sp³-hybridized carbons (Fsp3) is 0.364. The number of hydrogen-bond acceptors (Lipinski definition) is 7. The van der Waals surface area contributed by atoms with Crippen LogP contribution in [0.15, 0.2) is 30.5 Å². The number of piperidine rings is 1. The second-order valence-corrected chi connectivity index (χ2v) is 9.28. The maximum absolute atomic E-state index is 13.5. The molecule has 2 aromatic heterocycles. The third-order valence-corrected chi connectivity index (χ3v) is 6.83. The molecule has 5 rings (SSSR count). The summed E-state index contributed by atoms with van der Waals surface area (Å²) < 4.78 is 15.0. The number of amides is 1. The Morgan fingerprint density at radius 1 is 1.33 bits per heavy atom. The Morgan fingerprint density at radius 2 is 2.09 bits per heavy atom. The van der Waals surface area contributed by atoms with E-state index in [2.05, 4.69) is 10.1 Å². The number of aryl methyl sites for hydroxylation is 2. The van der Waals surface area contributed by atoms with Gasteiger partial charge in [0.05, 0.1) is 10.6 Å². The number of fused-ring (bicyclic) bond motifs is 1. The first-order valence-corrected chi connectivity index (χ1v) is 11.3. The van der Waals surface area contributed by atoms with Crippen LogP contribution in [0.4, 0.5) is 9.52 Å². The lowest BCUT2D eigenvalue weighted by Gasteiger charge is -2.26. The van der Waals surface area contributed by atoms with Gasteiger partial charge in [0.1, 0.15) is 17.1 Å². The molecule has 2 fully saturated rings. The van der Waals surface area contributed by atoms with Gasteiger partial charge in [0.15, 0.2) is 5.13 Å². The average molecular weight is 473 g/mol. The molecule has 0 spiro atoms. The molecule has 174 valence electrons. The molecule has 5 N–H and O–H groups in total. The van der Waals surface area contributed by atoms with Crippen LogP contribution in [-0.2, 0) is 7.05 Å². The van der Waals surface area contributed by atoms with Crippen LogP contribution in [0.5, 0.6) is 0 Å². The Bertz CT molecular complexity index is 1210. The lowest BCUT2D eigenvalue weighted by Crippen LogP contribution is -2.42. The second-order valence-electron chi connectivity index (χ2n) is 8.25. The minimum Gasteiger partial charge on any atom is -0.478 e. The third-order valence-electron chi connectivity index (χ3n) is 5.89. The van der Waals surface area contributed by atoms with Crippen LogP contribution in [-0.4, -0.2) is 55.3 Å². The first-order valence-electron chi connectivity index (χ1n) is 10.5. The average Bonchev–Trinajstić information content (AvgIpc) is 3.07. The van der Waals surface area contributed by atoms with Gasteiger partial charge in [0, 0.05) is 31.9 Å². The Labute approximate surface area is 193 Å². The molecule has 3 atom stereocenters. The number of carboxylic acids is 1. The summed E-state index contributed by atoms with van der Waals surface area (Å²) in [7, 11) is 1.69. The van der Waals surface area contributed by atoms with Crippen molar-refractivity contribution in [2.75, 3.05) is 12.3 Å². The van der Waals surface area contributed by atoms with Gasteiger partial charge in [0.2, 0.25) is 0 Å². The Balaban J connectivity index is 0.000000219. The highest BCUT2D eigenvalue weighted by Crippen LogP contribution is 2.48. The molecular formula is C22H25FN6O3S. The number of halogens is 1. The quantitative estimate of drug-likeness (QED) is 0.530. The van der Waals surface area contributed by atoms with Gasteiger partial charge in [-0.05, 0) is 43.4 Å². The molecule has 0 unspecified atom stereocenters. The summed E-state index contributed by atoms with van der Waals surface area (Å²) in [5.41, 5.74) is 13.4. The van der Waals surface area contributed by atoms with Crippen molar-refractivity contribution in [1.82, 2.24) is 19.7 Å². The highest BCUT2D eigenvalue weighted by Gasteiger charge is 2.54. The standard InChI is InChI=1S/C16H17FN4OS.C6H8N2O2/c17-10-3-1-2-8(4-10)14-13(20-16(19)23-14)15(22)21-11(7-18)5-9-6-12(9)21;1-4-5(6(9)10)3-8(2)7-4/h1-4,9,11-12H,5-7,18H2,(H2,19,20);3H,1-2H3,(H,9,10)/t9-,11+,12+;/m1./s1. The Morgan fingerprint density at radius 3 is 2.67 bits per heavy atom. The normalized spacial score (nSPS) is 20.7. The van der Waals surface area contributed by atoms with Crippen LogP contribution in [0.2, 0.25) is 0 Å². The number of hydrogen-bond donors (Lipinski definition) is 3. The number of likely N-dealkylation sites (tertiary alicyclic amines) is 1. The molecule has 1 aliphatic carbocycles. The Kier molecular flexibility index (Phi) is 6.17. The van der Waals surface area contributed by atoms with Crippen LogP contribution >= 0.6 is 11.3 Å². The van der Waals surface area contributed by atoms with Crippen molar-refractivity contribution in [2.24, 2.45) is 18.7 Å². The Hall–Kier alpha value is -3.31.